The van der Waals surface area contributed by atoms with E-state index in [2.05, 4.69) is 15.9 Å². The van der Waals surface area contributed by atoms with Gasteiger partial charge in [0.2, 0.25) is 5.91 Å². The molecule has 2 N–H and O–H groups in total. The van der Waals surface area contributed by atoms with Crippen LogP contribution in [0.5, 0.6) is 5.75 Å². The van der Waals surface area contributed by atoms with E-state index in [9.17, 15) is 9.59 Å². The predicted octanol–water partition coefficient (Wildman–Crippen LogP) is 4.59. The summed E-state index contributed by atoms with van der Waals surface area (Å²) < 4.78 is 6.78. The number of primary amides is 1. The van der Waals surface area contributed by atoms with Crippen LogP contribution in [0.15, 0.2) is 46.9 Å². The molecule has 5 nitrogen and oxygen atoms in total. The van der Waals surface area contributed by atoms with Crippen molar-refractivity contribution in [2.75, 3.05) is 19.7 Å². The van der Waals surface area contributed by atoms with Gasteiger partial charge in [-0.05, 0) is 71.6 Å². The maximum Gasteiger partial charge on any atom is 0.255 e. The first-order valence-electron chi connectivity index (χ1n) is 9.51. The van der Waals surface area contributed by atoms with Gasteiger partial charge in [0.05, 0.1) is 12.2 Å². The lowest BCUT2D eigenvalue weighted by molar-refractivity contribution is -0.122. The number of ether oxygens (including phenoxy) is 1. The maximum atomic E-state index is 13.1. The molecule has 0 aliphatic carbocycles. The fraction of sp³-hybridized carbons (Fsp3) is 0.364. The highest BCUT2D eigenvalue weighted by molar-refractivity contribution is 9.10. The Morgan fingerprint density at radius 1 is 1.28 bits per heavy atom. The van der Waals surface area contributed by atoms with Gasteiger partial charge in [-0.3, -0.25) is 9.59 Å². The Morgan fingerprint density at radius 3 is 2.72 bits per heavy atom. The second-order valence-corrected chi connectivity index (χ2v) is 8.91. The summed E-state index contributed by atoms with van der Waals surface area (Å²) in [5, 5.41) is 0.673. The van der Waals surface area contributed by atoms with E-state index in [1.54, 1.807) is 23.1 Å². The summed E-state index contributed by atoms with van der Waals surface area (Å²) in [4.78, 5) is 26.7. The van der Waals surface area contributed by atoms with Crippen molar-refractivity contribution in [3.8, 4) is 5.75 Å². The molecule has 1 saturated heterocycles. The van der Waals surface area contributed by atoms with Gasteiger partial charge < -0.3 is 15.4 Å². The highest BCUT2D eigenvalue weighted by atomic mass is 79.9. The van der Waals surface area contributed by atoms with Gasteiger partial charge in [-0.2, -0.15) is 0 Å². The van der Waals surface area contributed by atoms with E-state index in [-0.39, 0.29) is 12.3 Å². The van der Waals surface area contributed by atoms with Crippen LogP contribution in [-0.4, -0.2) is 36.4 Å². The number of hydrogen-bond acceptors (Lipinski definition) is 3. The number of nitrogens with zero attached hydrogens (tertiary/aromatic N) is 1. The molecule has 2 aromatic carbocycles. The van der Waals surface area contributed by atoms with Crippen LogP contribution in [0.2, 0.25) is 5.02 Å². The number of benzene rings is 2. The highest BCUT2D eigenvalue weighted by Gasteiger charge is 2.40. The maximum absolute atomic E-state index is 13.1. The average Bonchev–Trinajstić information content (AvgIpc) is 2.68. The van der Waals surface area contributed by atoms with E-state index in [0.717, 1.165) is 22.9 Å². The van der Waals surface area contributed by atoms with Crippen molar-refractivity contribution in [3.05, 3.63) is 63.1 Å². The molecule has 2 amide bonds. The molecule has 2 aromatic rings. The summed E-state index contributed by atoms with van der Waals surface area (Å²) >= 11 is 9.54. The number of halogens is 2. The van der Waals surface area contributed by atoms with Gasteiger partial charge in [0.1, 0.15) is 5.75 Å². The molecule has 0 saturated carbocycles. The lowest BCUT2D eigenvalue weighted by Crippen LogP contribution is -2.50. The van der Waals surface area contributed by atoms with E-state index in [4.69, 9.17) is 22.1 Å². The second kappa shape index (κ2) is 9.18. The normalized spacial score (nSPS) is 19.1. The standard InChI is InChI=1S/C22H24BrClN2O3/c1-15-11-16(7-8-19(15)24)29-14-22(12-20(25)27)9-4-10-26(13-22)21(28)17-5-2-3-6-18(17)23/h2-3,5-8,11H,4,9-10,12-14H2,1H3,(H2,25,27)/t22-/m1/s1. The molecule has 1 atom stereocenters. The molecule has 1 heterocycles. The van der Waals surface area contributed by atoms with E-state index in [1.165, 1.54) is 0 Å². The van der Waals surface area contributed by atoms with E-state index in [1.807, 2.05) is 31.2 Å². The zero-order chi connectivity index (χ0) is 21.0. The molecular formula is C22H24BrClN2O3. The number of piperidine rings is 1. The topological polar surface area (TPSA) is 72.6 Å². The number of rotatable bonds is 6. The van der Waals surface area contributed by atoms with Crippen molar-refractivity contribution >= 4 is 39.3 Å². The summed E-state index contributed by atoms with van der Waals surface area (Å²) in [5.41, 5.74) is 6.56. The molecule has 0 aromatic heterocycles. The summed E-state index contributed by atoms with van der Waals surface area (Å²) in [7, 11) is 0. The Balaban J connectivity index is 1.79. The molecule has 0 unspecified atom stereocenters. The fourth-order valence-electron chi connectivity index (χ4n) is 3.81. The number of aryl methyl sites for hydroxylation is 1. The van der Waals surface area contributed by atoms with Crippen LogP contribution in [0, 0.1) is 12.3 Å². The smallest absolute Gasteiger partial charge is 0.255 e. The van der Waals surface area contributed by atoms with E-state index >= 15 is 0 Å². The molecule has 0 radical (unpaired) electrons. The lowest BCUT2D eigenvalue weighted by atomic mass is 9.77. The van der Waals surface area contributed by atoms with Crippen molar-refractivity contribution in [1.82, 2.24) is 4.90 Å². The third-order valence-electron chi connectivity index (χ3n) is 5.28. The Hall–Kier alpha value is -2.05. The number of carbonyl (C=O) groups is 2. The van der Waals surface area contributed by atoms with Crippen LogP contribution < -0.4 is 10.5 Å². The van der Waals surface area contributed by atoms with Gasteiger partial charge in [0, 0.05) is 34.4 Å². The molecule has 1 aliphatic rings. The Morgan fingerprint density at radius 2 is 2.03 bits per heavy atom. The lowest BCUT2D eigenvalue weighted by Gasteiger charge is -2.42. The van der Waals surface area contributed by atoms with Gasteiger partial charge >= 0.3 is 0 Å². The molecular weight excluding hydrogens is 456 g/mol. The van der Waals surface area contributed by atoms with Crippen LogP contribution in [0.4, 0.5) is 0 Å². The number of nitrogens with two attached hydrogens (primary N) is 1. The number of hydrogen-bond donors (Lipinski definition) is 1. The molecule has 3 rings (SSSR count). The molecule has 154 valence electrons. The molecule has 1 fully saturated rings. The van der Waals surface area contributed by atoms with Crippen LogP contribution in [0.1, 0.15) is 35.2 Å². The zero-order valence-electron chi connectivity index (χ0n) is 16.3. The number of carbonyl (C=O) groups excluding carboxylic acids is 2. The summed E-state index contributed by atoms with van der Waals surface area (Å²) in [6, 6.07) is 12.8. The Labute approximate surface area is 184 Å². The molecule has 7 heteroatoms. The third kappa shape index (κ3) is 5.31. The van der Waals surface area contributed by atoms with Crippen LogP contribution in [0.25, 0.3) is 0 Å². The van der Waals surface area contributed by atoms with Crippen molar-refractivity contribution in [2.24, 2.45) is 11.1 Å². The third-order valence-corrected chi connectivity index (χ3v) is 6.39. The summed E-state index contributed by atoms with van der Waals surface area (Å²) in [5.74, 6) is 0.231. The van der Waals surface area contributed by atoms with Crippen molar-refractivity contribution in [3.63, 3.8) is 0 Å². The molecule has 1 aliphatic heterocycles. The highest BCUT2D eigenvalue weighted by Crippen LogP contribution is 2.36. The van der Waals surface area contributed by atoms with E-state index < -0.39 is 11.3 Å². The molecule has 0 spiro atoms. The predicted molar refractivity (Wildman–Crippen MR) is 117 cm³/mol. The van der Waals surface area contributed by atoms with Crippen LogP contribution in [0.3, 0.4) is 0 Å². The minimum Gasteiger partial charge on any atom is -0.493 e. The van der Waals surface area contributed by atoms with Crippen molar-refractivity contribution in [2.45, 2.75) is 26.2 Å². The van der Waals surface area contributed by atoms with E-state index in [0.29, 0.717) is 36.0 Å². The first-order chi connectivity index (χ1) is 13.8. The van der Waals surface area contributed by atoms with Gasteiger partial charge in [-0.15, -0.1) is 0 Å². The van der Waals surface area contributed by atoms with Gasteiger partial charge in [0.15, 0.2) is 0 Å². The van der Waals surface area contributed by atoms with Crippen molar-refractivity contribution < 1.29 is 14.3 Å². The first kappa shape index (κ1) is 21.7. The first-order valence-corrected chi connectivity index (χ1v) is 10.7. The van der Waals surface area contributed by atoms with Gasteiger partial charge in [-0.25, -0.2) is 0 Å². The number of amides is 2. The molecule has 0 bridgehead atoms. The minimum atomic E-state index is -0.519. The Kier molecular flexibility index (Phi) is 6.85. The quantitative estimate of drug-likeness (QED) is 0.659. The largest absolute Gasteiger partial charge is 0.493 e. The van der Waals surface area contributed by atoms with Gasteiger partial charge in [0.25, 0.3) is 5.91 Å². The second-order valence-electron chi connectivity index (χ2n) is 7.65. The molecule has 29 heavy (non-hydrogen) atoms. The van der Waals surface area contributed by atoms with Crippen LogP contribution in [-0.2, 0) is 4.79 Å². The number of likely N-dealkylation sites (tertiary alicyclic amines) is 1. The van der Waals surface area contributed by atoms with Gasteiger partial charge in [-0.1, -0.05) is 23.7 Å². The average molecular weight is 480 g/mol. The van der Waals surface area contributed by atoms with Crippen molar-refractivity contribution in [1.29, 1.82) is 0 Å². The summed E-state index contributed by atoms with van der Waals surface area (Å²) in [6.07, 6.45) is 1.72. The summed E-state index contributed by atoms with van der Waals surface area (Å²) in [6.45, 7) is 3.27. The van der Waals surface area contributed by atoms with Crippen LogP contribution >= 0.6 is 27.5 Å². The minimum absolute atomic E-state index is 0.0617. The SMILES string of the molecule is Cc1cc(OC[C@@]2(CC(N)=O)CCCN(C(=O)c3ccccc3Br)C2)ccc1Cl. The monoisotopic (exact) mass is 478 g/mol. The fourth-order valence-corrected chi connectivity index (χ4v) is 4.38. The Bertz CT molecular complexity index is 921. The zero-order valence-corrected chi connectivity index (χ0v) is 18.6.